The van der Waals surface area contributed by atoms with Crippen LogP contribution < -0.4 is 30.7 Å². The number of nitrogens with zero attached hydrogens (tertiary/aromatic N) is 2. The van der Waals surface area contributed by atoms with E-state index in [0.717, 1.165) is 0 Å². The second-order valence-electron chi connectivity index (χ2n) is 11.6. The normalized spacial score (nSPS) is 14.9. The number of carbonyl (C=O) groups excluding carboxylic acids is 2. The van der Waals surface area contributed by atoms with Gasteiger partial charge in [-0.1, -0.05) is 0 Å². The molecule has 4 amide bonds. The number of nitrogens with one attached hydrogen (secondary N) is 4. The van der Waals surface area contributed by atoms with Crippen molar-refractivity contribution in [1.82, 2.24) is 31.1 Å². The molecule has 54 heavy (non-hydrogen) atoms. The summed E-state index contributed by atoms with van der Waals surface area (Å²) in [5.74, 6) is -2.13. The van der Waals surface area contributed by atoms with Gasteiger partial charge in [0.25, 0.3) is 0 Å². The number of benzene rings is 2. The fourth-order valence-corrected chi connectivity index (χ4v) is 4.40. The van der Waals surface area contributed by atoms with Crippen LogP contribution in [0.15, 0.2) is 48.5 Å². The number of aliphatic hydroxyl groups is 2. The Morgan fingerprint density at radius 3 is 1.24 bits per heavy atom. The number of phenols is 2. The van der Waals surface area contributed by atoms with Crippen LogP contribution in [0.2, 0.25) is 0 Å². The zero-order chi connectivity index (χ0) is 39.6. The van der Waals surface area contributed by atoms with Gasteiger partial charge in [0, 0.05) is 65.4 Å². The Morgan fingerprint density at radius 2 is 0.926 bits per heavy atom. The maximum atomic E-state index is 11.8. The Hall–Kier alpha value is -5.12. The number of amides is 4. The average Bonchev–Trinajstić information content (AvgIpc) is 3.18. The van der Waals surface area contributed by atoms with Gasteiger partial charge in [-0.15, -0.1) is 0 Å². The van der Waals surface area contributed by atoms with Crippen molar-refractivity contribution in [2.75, 3.05) is 105 Å². The first kappa shape index (κ1) is 45.0. The molecule has 0 saturated carbocycles. The SMILES string of the molecule is O=C(NCCNC[C@@H](O)COc1ccc(O)cc1)N1CCOCC1.O=C(NCCNC[C@@H](O)COc1ccc(O)cc1)N1CCOCC1.O=C(O)C(=O)O. The summed E-state index contributed by atoms with van der Waals surface area (Å²) in [6.45, 7) is 7.93. The van der Waals surface area contributed by atoms with Gasteiger partial charge in [-0.05, 0) is 48.5 Å². The molecule has 2 aromatic rings. The van der Waals surface area contributed by atoms with Gasteiger partial charge in [0.15, 0.2) is 0 Å². The number of rotatable bonds is 16. The lowest BCUT2D eigenvalue weighted by atomic mass is 10.3. The van der Waals surface area contributed by atoms with Gasteiger partial charge < -0.3 is 80.7 Å². The highest BCUT2D eigenvalue weighted by Gasteiger charge is 2.17. The lowest BCUT2D eigenvalue weighted by Crippen LogP contribution is -2.47. The summed E-state index contributed by atoms with van der Waals surface area (Å²) in [4.78, 5) is 45.3. The maximum absolute atomic E-state index is 11.8. The van der Waals surface area contributed by atoms with Crippen molar-refractivity contribution in [2.24, 2.45) is 0 Å². The molecule has 2 aromatic carbocycles. The van der Waals surface area contributed by atoms with Gasteiger partial charge in [0.05, 0.1) is 26.4 Å². The van der Waals surface area contributed by atoms with Gasteiger partial charge in [-0.25, -0.2) is 19.2 Å². The van der Waals surface area contributed by atoms with E-state index < -0.39 is 24.1 Å². The molecule has 20 nitrogen and oxygen atoms in total. The molecule has 0 unspecified atom stereocenters. The second kappa shape index (κ2) is 26.6. The first-order chi connectivity index (χ1) is 25.9. The molecule has 4 rings (SSSR count). The smallest absolute Gasteiger partial charge is 0.414 e. The first-order valence-electron chi connectivity index (χ1n) is 17.2. The maximum Gasteiger partial charge on any atom is 0.414 e. The minimum Gasteiger partial charge on any atom is -0.508 e. The van der Waals surface area contributed by atoms with Crippen LogP contribution in [-0.4, -0.2) is 182 Å². The molecule has 10 N–H and O–H groups in total. The van der Waals surface area contributed by atoms with E-state index in [4.69, 9.17) is 49.0 Å². The molecular weight excluding hydrogens is 716 g/mol. The topological polar surface area (TPSA) is 281 Å². The third-order valence-electron chi connectivity index (χ3n) is 7.25. The van der Waals surface area contributed by atoms with Crippen molar-refractivity contribution in [1.29, 1.82) is 0 Å². The molecule has 2 saturated heterocycles. The summed E-state index contributed by atoms with van der Waals surface area (Å²) in [6, 6.07) is 12.5. The molecule has 302 valence electrons. The van der Waals surface area contributed by atoms with Gasteiger partial charge in [-0.3, -0.25) is 0 Å². The molecule has 20 heteroatoms. The van der Waals surface area contributed by atoms with Crippen LogP contribution >= 0.6 is 0 Å². The quantitative estimate of drug-likeness (QED) is 0.0701. The number of aliphatic carboxylic acids is 2. The average molecular weight is 769 g/mol. The summed E-state index contributed by atoms with van der Waals surface area (Å²) in [5, 5.41) is 64.5. The molecular formula is C34H52N6O14. The predicted molar refractivity (Wildman–Crippen MR) is 192 cm³/mol. The highest BCUT2D eigenvalue weighted by Crippen LogP contribution is 2.16. The van der Waals surface area contributed by atoms with Crippen LogP contribution in [0, 0.1) is 0 Å². The van der Waals surface area contributed by atoms with Crippen LogP contribution in [-0.2, 0) is 19.1 Å². The summed E-state index contributed by atoms with van der Waals surface area (Å²) in [7, 11) is 0. The molecule has 0 spiro atoms. The molecule has 0 radical (unpaired) electrons. The zero-order valence-corrected chi connectivity index (χ0v) is 29.9. The first-order valence-corrected chi connectivity index (χ1v) is 17.2. The van der Waals surface area contributed by atoms with Crippen molar-refractivity contribution in [3.63, 3.8) is 0 Å². The van der Waals surface area contributed by atoms with Crippen LogP contribution in [0.4, 0.5) is 9.59 Å². The van der Waals surface area contributed by atoms with Crippen LogP contribution in [0.1, 0.15) is 0 Å². The van der Waals surface area contributed by atoms with Crippen molar-refractivity contribution in [2.45, 2.75) is 12.2 Å². The molecule has 2 fully saturated rings. The Labute approximate surface area is 312 Å². The summed E-state index contributed by atoms with van der Waals surface area (Å²) >= 11 is 0. The van der Waals surface area contributed by atoms with E-state index in [1.807, 2.05) is 0 Å². The predicted octanol–water partition coefficient (Wildman–Crippen LogP) is -1.32. The Morgan fingerprint density at radius 1 is 0.593 bits per heavy atom. The largest absolute Gasteiger partial charge is 0.508 e. The summed E-state index contributed by atoms with van der Waals surface area (Å²) in [5.41, 5.74) is 0. The fourth-order valence-electron chi connectivity index (χ4n) is 4.40. The lowest BCUT2D eigenvalue weighted by molar-refractivity contribution is -0.159. The van der Waals surface area contributed by atoms with Crippen LogP contribution in [0.25, 0.3) is 0 Å². The number of carboxylic acid groups (broad SMARTS) is 2. The monoisotopic (exact) mass is 768 g/mol. The third-order valence-corrected chi connectivity index (χ3v) is 7.25. The number of morpholine rings is 2. The number of phenolic OH excluding ortho intramolecular Hbond substituents is 2. The number of urea groups is 2. The lowest BCUT2D eigenvalue weighted by Gasteiger charge is -2.27. The summed E-state index contributed by atoms with van der Waals surface area (Å²) in [6.07, 6.45) is -1.32. The highest BCUT2D eigenvalue weighted by molar-refractivity contribution is 6.27. The third kappa shape index (κ3) is 20.8. The number of hydrogen-bond donors (Lipinski definition) is 10. The van der Waals surface area contributed by atoms with E-state index >= 15 is 0 Å². The van der Waals surface area contributed by atoms with Crippen molar-refractivity contribution in [3.8, 4) is 23.0 Å². The number of carboxylic acids is 2. The molecule has 2 aliphatic heterocycles. The number of aromatic hydroxyl groups is 2. The van der Waals surface area contributed by atoms with Gasteiger partial charge in [-0.2, -0.15) is 0 Å². The molecule has 2 aliphatic rings. The molecule has 2 heterocycles. The highest BCUT2D eigenvalue weighted by atomic mass is 16.5. The van der Waals surface area contributed by atoms with Gasteiger partial charge >= 0.3 is 24.0 Å². The van der Waals surface area contributed by atoms with E-state index in [2.05, 4.69) is 21.3 Å². The standard InChI is InChI=1S/2C16H25N3O5.C2H2O4/c2*20-13-1-3-15(4-2-13)24-12-14(21)11-17-5-6-18-16(22)19-7-9-23-10-8-19;3-1(4)2(5)6/h2*1-4,14,17,20-21H,5-12H2,(H,18,22);(H,3,4)(H,5,6)/t2*14-;/m11./s1. The van der Waals surface area contributed by atoms with Crippen molar-refractivity contribution >= 4 is 24.0 Å². The van der Waals surface area contributed by atoms with Crippen molar-refractivity contribution < 1.29 is 68.8 Å². The van der Waals surface area contributed by atoms with Crippen molar-refractivity contribution in [3.05, 3.63) is 48.5 Å². The van der Waals surface area contributed by atoms with Crippen LogP contribution in [0.5, 0.6) is 23.0 Å². The van der Waals surface area contributed by atoms with E-state index in [-0.39, 0.29) is 36.8 Å². The Kier molecular flexibility index (Phi) is 22.2. The zero-order valence-electron chi connectivity index (χ0n) is 29.9. The summed E-state index contributed by atoms with van der Waals surface area (Å²) < 4.78 is 21.2. The number of ether oxygens (including phenoxy) is 4. The fraction of sp³-hybridized carbons (Fsp3) is 0.529. The molecule has 0 aliphatic carbocycles. The molecule has 2 atom stereocenters. The molecule has 0 bridgehead atoms. The Balaban J connectivity index is 0.000000325. The minimum atomic E-state index is -1.82. The number of aliphatic hydroxyl groups excluding tert-OH is 2. The van der Waals surface area contributed by atoms with Gasteiger partial charge in [0.2, 0.25) is 0 Å². The van der Waals surface area contributed by atoms with E-state index in [9.17, 15) is 19.8 Å². The minimum absolute atomic E-state index is 0.0867. The number of hydrogen-bond acceptors (Lipinski definition) is 14. The van der Waals surface area contributed by atoms with E-state index in [1.165, 1.54) is 24.3 Å². The Bertz CT molecular complexity index is 1260. The molecule has 0 aromatic heterocycles. The second-order valence-corrected chi connectivity index (χ2v) is 11.6. The van der Waals surface area contributed by atoms with Gasteiger partial charge in [0.1, 0.15) is 48.4 Å². The van der Waals surface area contributed by atoms with E-state index in [0.29, 0.717) is 103 Å². The van der Waals surface area contributed by atoms with E-state index in [1.54, 1.807) is 34.1 Å². The number of carbonyl (C=O) groups is 4. The van der Waals surface area contributed by atoms with Crippen LogP contribution in [0.3, 0.4) is 0 Å².